The highest BCUT2D eigenvalue weighted by molar-refractivity contribution is 8.00. The summed E-state index contributed by atoms with van der Waals surface area (Å²) in [6, 6.07) is 0. The van der Waals surface area contributed by atoms with Crippen molar-refractivity contribution < 1.29 is 23.9 Å². The molecule has 0 aliphatic heterocycles. The van der Waals surface area contributed by atoms with Crippen molar-refractivity contribution in [2.75, 3.05) is 5.73 Å². The quantitative estimate of drug-likeness (QED) is 0.0282. The van der Waals surface area contributed by atoms with Crippen molar-refractivity contribution in [1.29, 1.82) is 0 Å². The predicted octanol–water partition coefficient (Wildman–Crippen LogP) is 8.37. The van der Waals surface area contributed by atoms with Gasteiger partial charge in [-0.15, -0.1) is 0 Å². The molecule has 0 bridgehead atoms. The van der Waals surface area contributed by atoms with Crippen LogP contribution in [0.2, 0.25) is 0 Å². The molecule has 13 heteroatoms. The molecule has 2 aromatic heterocycles. The lowest BCUT2D eigenvalue weighted by atomic mass is 9.91. The lowest BCUT2D eigenvalue weighted by Gasteiger charge is -2.34. The van der Waals surface area contributed by atoms with Crippen molar-refractivity contribution in [3.05, 3.63) is 12.7 Å². The highest BCUT2D eigenvalue weighted by Gasteiger charge is 2.45. The van der Waals surface area contributed by atoms with Crippen LogP contribution in [0.5, 0.6) is 0 Å². The largest absolute Gasteiger partial charge is 0.382 e. The summed E-state index contributed by atoms with van der Waals surface area (Å²) < 4.78 is 19.7. The maximum absolute atomic E-state index is 13.5. The van der Waals surface area contributed by atoms with E-state index in [9.17, 15) is 19.1 Å². The monoisotopic (exact) mass is 701 g/mol. The third kappa shape index (κ3) is 15.4. The van der Waals surface area contributed by atoms with Gasteiger partial charge in [0.15, 0.2) is 17.3 Å². The molecule has 10 nitrogen and oxygen atoms in total. The van der Waals surface area contributed by atoms with E-state index in [-0.39, 0.29) is 36.9 Å². The van der Waals surface area contributed by atoms with Crippen LogP contribution in [0.4, 0.5) is 5.82 Å². The number of hydrogen-bond donors (Lipinski definition) is 5. The van der Waals surface area contributed by atoms with Crippen LogP contribution in [-0.4, -0.2) is 51.1 Å². The molecule has 2 rings (SSSR count). The number of aromatic nitrogens is 4. The lowest BCUT2D eigenvalue weighted by molar-refractivity contribution is -0.129. The Hall–Kier alpha value is -1.17. The molecule has 0 amide bonds. The number of Topliss-reactive ketones (excluding diaryl/α,β-unsaturated/α-hetero) is 1. The number of hydrogen-bond acceptors (Lipinski definition) is 9. The van der Waals surface area contributed by atoms with Crippen molar-refractivity contribution in [2.45, 2.75) is 159 Å². The zero-order chi connectivity index (χ0) is 34.2. The highest BCUT2D eigenvalue weighted by atomic mass is 32.2. The first kappa shape index (κ1) is 41.0. The van der Waals surface area contributed by atoms with E-state index in [1.807, 2.05) is 13.8 Å². The van der Waals surface area contributed by atoms with Crippen LogP contribution in [0, 0.1) is 11.8 Å². The van der Waals surface area contributed by atoms with Crippen LogP contribution in [0.15, 0.2) is 12.7 Å². The molecule has 3 atom stereocenters. The Balaban J connectivity index is 1.91. The lowest BCUT2D eigenvalue weighted by Crippen LogP contribution is -2.38. The summed E-state index contributed by atoms with van der Waals surface area (Å²) in [5.41, 5.74) is 6.82. The van der Waals surface area contributed by atoms with E-state index in [2.05, 4.69) is 21.9 Å². The first-order valence-electron chi connectivity index (χ1n) is 17.3. The van der Waals surface area contributed by atoms with Gasteiger partial charge in [0.05, 0.1) is 29.0 Å². The molecule has 0 unspecified atom stereocenters. The zero-order valence-electron chi connectivity index (χ0n) is 28.5. The minimum absolute atomic E-state index is 0.0207. The number of unbranched alkanes of at least 4 members (excludes halogenated alkanes) is 13. The van der Waals surface area contributed by atoms with Crippen molar-refractivity contribution in [2.24, 2.45) is 11.8 Å². The molecule has 2 aromatic rings. The van der Waals surface area contributed by atoms with Gasteiger partial charge in [-0.3, -0.25) is 9.36 Å². The molecule has 0 aliphatic rings. The molecule has 0 saturated heterocycles. The second-order valence-corrected chi connectivity index (χ2v) is 17.2. The zero-order valence-corrected chi connectivity index (χ0v) is 31.2. The summed E-state index contributed by atoms with van der Waals surface area (Å²) >= 11 is 9.59. The third-order valence-electron chi connectivity index (χ3n) is 8.43. The number of anilines is 1. The van der Waals surface area contributed by atoms with E-state index in [4.69, 9.17) is 35.7 Å². The van der Waals surface area contributed by atoms with Gasteiger partial charge in [0.2, 0.25) is 0 Å². The van der Waals surface area contributed by atoms with E-state index < -0.39 is 29.5 Å². The van der Waals surface area contributed by atoms with Gasteiger partial charge < -0.3 is 24.8 Å². The van der Waals surface area contributed by atoms with Crippen molar-refractivity contribution in [3.8, 4) is 0 Å². The molecule has 264 valence electrons. The van der Waals surface area contributed by atoms with E-state index in [1.165, 1.54) is 83.3 Å². The maximum Gasteiger partial charge on any atom is 0.354 e. The number of nitrogen functional groups attached to an aromatic ring is 1. The van der Waals surface area contributed by atoms with Crippen molar-refractivity contribution >= 4 is 55.6 Å². The molecular weight excluding hydrogens is 642 g/mol. The minimum Gasteiger partial charge on any atom is -0.382 e. The number of nitrogens with zero attached hydrogens (tertiary/aromatic N) is 4. The summed E-state index contributed by atoms with van der Waals surface area (Å²) in [6.07, 6.45) is 20.7. The molecule has 0 aliphatic carbocycles. The highest BCUT2D eigenvalue weighted by Crippen LogP contribution is 2.50. The van der Waals surface area contributed by atoms with Gasteiger partial charge in [-0.25, -0.2) is 15.0 Å². The van der Waals surface area contributed by atoms with Gasteiger partial charge in [0.25, 0.3) is 0 Å². The van der Waals surface area contributed by atoms with Gasteiger partial charge in [0.1, 0.15) is 17.6 Å². The van der Waals surface area contributed by atoms with Crippen LogP contribution >= 0.6 is 32.9 Å². The maximum atomic E-state index is 13.5. The van der Waals surface area contributed by atoms with Gasteiger partial charge in [-0.1, -0.05) is 111 Å². The van der Waals surface area contributed by atoms with E-state index in [1.54, 1.807) is 11.5 Å². The summed E-state index contributed by atoms with van der Waals surface area (Å²) in [5, 5.41) is 0. The topological polar surface area (TPSA) is 153 Å². The van der Waals surface area contributed by atoms with Gasteiger partial charge >= 0.3 is 7.60 Å². The summed E-state index contributed by atoms with van der Waals surface area (Å²) in [6.45, 7) is 7.97. The fourth-order valence-corrected chi connectivity index (χ4v) is 7.80. The van der Waals surface area contributed by atoms with E-state index in [0.29, 0.717) is 17.6 Å². The van der Waals surface area contributed by atoms with Gasteiger partial charge in [-0.05, 0) is 25.7 Å². The van der Waals surface area contributed by atoms with Crippen LogP contribution in [0.1, 0.15) is 137 Å². The Bertz CT molecular complexity index is 1210. The average Bonchev–Trinajstić information content (AvgIpc) is 3.37. The number of ether oxygens (including phenoxy) is 1. The van der Waals surface area contributed by atoms with Gasteiger partial charge in [0, 0.05) is 6.42 Å². The first-order chi connectivity index (χ1) is 21.7. The number of carbonyl (C=O) groups is 1. The Kier molecular flexibility index (Phi) is 18.7. The van der Waals surface area contributed by atoms with Crippen molar-refractivity contribution in [1.82, 2.24) is 19.5 Å². The van der Waals surface area contributed by atoms with E-state index >= 15 is 0 Å². The molecular formula is C33H60N5O5PS2. The fourth-order valence-electron chi connectivity index (χ4n) is 5.98. The molecule has 0 radical (unpaired) electrons. The summed E-state index contributed by atoms with van der Waals surface area (Å²) in [4.78, 5) is 46.8. The standard InChI is InChI=1S/C33H60N5O5PS2/c1-5-6-7-8-9-10-11-12-13-14-15-16-17-18-19-33(45,46)21-27(28(39)20-25(2)3)32(44(40,41)42)43-26(4)22-38-24-37-29-30(34)35-23-36-31(29)38/h23-27,32,45-46H,5-22H2,1-4H3,(H2,34,35,36)(H2,40,41,42)/t26-,27-,32-/m1/s1. The van der Waals surface area contributed by atoms with Crippen molar-refractivity contribution in [3.63, 3.8) is 0 Å². The second kappa shape index (κ2) is 21.0. The third-order valence-corrected chi connectivity index (χ3v) is 10.4. The summed E-state index contributed by atoms with van der Waals surface area (Å²) in [5.74, 6) is -2.68. The van der Waals surface area contributed by atoms with Crippen LogP contribution in [0.25, 0.3) is 11.2 Å². The molecule has 0 saturated carbocycles. The SMILES string of the molecule is CCCCCCCCCCCCCCCCC(S)(S)C[C@H](C(=O)CC(C)C)[C@H](O[C@H](C)Cn1cnc2c(N)ncnc21)P(=O)(O)O. The number of carbonyl (C=O) groups excluding carboxylic acids is 1. The van der Waals surface area contributed by atoms with Crippen LogP contribution < -0.4 is 5.73 Å². The summed E-state index contributed by atoms with van der Waals surface area (Å²) in [7, 11) is -4.86. The number of thiol groups is 2. The molecule has 2 heterocycles. The van der Waals surface area contributed by atoms with Crippen LogP contribution in [0.3, 0.4) is 0 Å². The normalized spacial score (nSPS) is 14.6. The number of ketones is 1. The average molecular weight is 702 g/mol. The number of imidazole rings is 1. The molecule has 46 heavy (non-hydrogen) atoms. The molecule has 0 fully saturated rings. The van der Waals surface area contributed by atoms with Gasteiger partial charge in [-0.2, -0.15) is 25.3 Å². The Morgan fingerprint density at radius 1 is 0.935 bits per heavy atom. The number of fused-ring (bicyclic) bond motifs is 1. The predicted molar refractivity (Wildman–Crippen MR) is 194 cm³/mol. The molecule has 4 N–H and O–H groups in total. The molecule has 0 spiro atoms. The smallest absolute Gasteiger partial charge is 0.354 e. The first-order valence-corrected chi connectivity index (χ1v) is 19.9. The molecule has 0 aromatic carbocycles. The Morgan fingerprint density at radius 2 is 1.48 bits per heavy atom. The number of rotatable bonds is 26. The Morgan fingerprint density at radius 3 is 2.00 bits per heavy atom. The second-order valence-electron chi connectivity index (χ2n) is 13.5. The number of nitrogens with two attached hydrogens (primary N) is 1. The van der Waals surface area contributed by atoms with Crippen LogP contribution in [-0.2, 0) is 20.6 Å². The van der Waals surface area contributed by atoms with E-state index in [0.717, 1.165) is 19.3 Å². The minimum atomic E-state index is -4.86. The Labute approximate surface area is 287 Å². The fraction of sp³-hybridized carbons (Fsp3) is 0.818.